The molecule has 0 bridgehead atoms. The molecule has 0 saturated carbocycles. The summed E-state index contributed by atoms with van der Waals surface area (Å²) in [5.74, 6) is 0. The van der Waals surface area contributed by atoms with Gasteiger partial charge in [-0.25, -0.2) is 4.98 Å². The second-order valence-electron chi connectivity index (χ2n) is 7.42. The fourth-order valence-electron chi connectivity index (χ4n) is 3.33. The van der Waals surface area contributed by atoms with E-state index in [4.69, 9.17) is 10.7 Å². The number of rotatable bonds is 4. The van der Waals surface area contributed by atoms with E-state index in [1.54, 1.807) is 11.3 Å². The molecule has 1 aliphatic rings. The lowest BCUT2D eigenvalue weighted by Crippen LogP contribution is -2.39. The number of hydrogen-bond acceptors (Lipinski definition) is 4. The van der Waals surface area contributed by atoms with Gasteiger partial charge in [-0.3, -0.25) is 0 Å². The van der Waals surface area contributed by atoms with Crippen LogP contribution in [0.1, 0.15) is 70.9 Å². The summed E-state index contributed by atoms with van der Waals surface area (Å²) in [4.78, 5) is 8.66. The lowest BCUT2D eigenvalue weighted by molar-refractivity contribution is 0.199. The van der Waals surface area contributed by atoms with Crippen LogP contribution in [0, 0.1) is 5.41 Å². The highest BCUT2D eigenvalue weighted by Gasteiger charge is 2.33. The molecule has 0 aromatic carbocycles. The largest absolute Gasteiger partial charge is 0.348 e. The van der Waals surface area contributed by atoms with Gasteiger partial charge in [0.2, 0.25) is 0 Å². The number of aromatic nitrogens is 1. The summed E-state index contributed by atoms with van der Waals surface area (Å²) in [6.07, 6.45) is 5.19. The second kappa shape index (κ2) is 6.25. The lowest BCUT2D eigenvalue weighted by atomic mass is 9.74. The van der Waals surface area contributed by atoms with Crippen molar-refractivity contribution >= 4 is 16.5 Å². The van der Waals surface area contributed by atoms with Crippen molar-refractivity contribution in [3.8, 4) is 0 Å². The van der Waals surface area contributed by atoms with E-state index in [2.05, 4.69) is 39.5 Å². The van der Waals surface area contributed by atoms with Crippen LogP contribution in [0.2, 0.25) is 0 Å². The molecular formula is C17H31N3S. The van der Waals surface area contributed by atoms with Crippen LogP contribution in [0.15, 0.2) is 0 Å². The topological polar surface area (TPSA) is 42.2 Å². The Kier molecular flexibility index (Phi) is 4.99. The second-order valence-corrected chi connectivity index (χ2v) is 8.48. The normalized spacial score (nSPS) is 19.0. The Bertz CT molecular complexity index is 459. The van der Waals surface area contributed by atoms with Crippen LogP contribution in [-0.4, -0.2) is 18.1 Å². The molecule has 1 fully saturated rings. The molecule has 1 aromatic rings. The zero-order chi connectivity index (χ0) is 15.7. The number of hydrogen-bond donors (Lipinski definition) is 1. The molecule has 3 nitrogen and oxygen atoms in total. The zero-order valence-electron chi connectivity index (χ0n) is 14.3. The van der Waals surface area contributed by atoms with Crippen molar-refractivity contribution in [1.82, 2.24) is 4.98 Å². The first-order valence-corrected chi connectivity index (χ1v) is 9.12. The first-order valence-electron chi connectivity index (χ1n) is 8.30. The van der Waals surface area contributed by atoms with Gasteiger partial charge in [0.05, 0.1) is 5.69 Å². The molecule has 0 amide bonds. The summed E-state index contributed by atoms with van der Waals surface area (Å²) in [6, 6.07) is 0. The van der Waals surface area contributed by atoms with Gasteiger partial charge in [0, 0.05) is 29.9 Å². The van der Waals surface area contributed by atoms with Gasteiger partial charge in [-0.2, -0.15) is 0 Å². The number of piperidine rings is 1. The molecule has 0 unspecified atom stereocenters. The monoisotopic (exact) mass is 309 g/mol. The third-order valence-electron chi connectivity index (χ3n) is 5.18. The Balaban J connectivity index is 2.16. The molecule has 21 heavy (non-hydrogen) atoms. The Morgan fingerprint density at radius 1 is 1.19 bits per heavy atom. The van der Waals surface area contributed by atoms with Crippen molar-refractivity contribution in [2.24, 2.45) is 11.1 Å². The van der Waals surface area contributed by atoms with Crippen molar-refractivity contribution in [1.29, 1.82) is 0 Å². The van der Waals surface area contributed by atoms with Crippen molar-refractivity contribution in [2.75, 3.05) is 18.0 Å². The Morgan fingerprint density at radius 2 is 1.76 bits per heavy atom. The van der Waals surface area contributed by atoms with Gasteiger partial charge in [-0.05, 0) is 18.3 Å². The molecule has 0 radical (unpaired) electrons. The van der Waals surface area contributed by atoms with E-state index in [0.29, 0.717) is 12.0 Å². The standard InChI is InChI=1S/C17H31N3S/c1-6-17(7-2)8-10-20(11-9-17)15-19-14(16(3,4)5)13(12-18)21-15/h6-12,18H2,1-5H3. The van der Waals surface area contributed by atoms with Gasteiger partial charge in [0.1, 0.15) is 0 Å². The first-order chi connectivity index (χ1) is 9.85. The van der Waals surface area contributed by atoms with Crippen LogP contribution in [0.5, 0.6) is 0 Å². The average molecular weight is 310 g/mol. The SMILES string of the molecule is CCC1(CC)CCN(c2nc(C(C)(C)C)c(CN)s2)CC1. The third-order valence-corrected chi connectivity index (χ3v) is 6.31. The third kappa shape index (κ3) is 3.42. The molecule has 0 atom stereocenters. The summed E-state index contributed by atoms with van der Waals surface area (Å²) >= 11 is 1.80. The van der Waals surface area contributed by atoms with E-state index in [-0.39, 0.29) is 5.41 Å². The molecule has 0 spiro atoms. The first kappa shape index (κ1) is 16.8. The fourth-order valence-corrected chi connectivity index (χ4v) is 4.53. The van der Waals surface area contributed by atoms with E-state index >= 15 is 0 Å². The zero-order valence-corrected chi connectivity index (χ0v) is 15.1. The predicted molar refractivity (Wildman–Crippen MR) is 93.2 cm³/mol. The molecule has 2 N–H and O–H groups in total. The van der Waals surface area contributed by atoms with E-state index in [0.717, 1.165) is 13.1 Å². The Morgan fingerprint density at radius 3 is 2.14 bits per heavy atom. The number of thiazole rings is 1. The molecule has 1 aromatic heterocycles. The van der Waals surface area contributed by atoms with Crippen molar-refractivity contribution in [2.45, 2.75) is 72.3 Å². The molecule has 2 rings (SSSR count). The van der Waals surface area contributed by atoms with Crippen molar-refractivity contribution in [3.63, 3.8) is 0 Å². The maximum absolute atomic E-state index is 5.93. The van der Waals surface area contributed by atoms with Crippen molar-refractivity contribution < 1.29 is 0 Å². The fraction of sp³-hybridized carbons (Fsp3) is 0.824. The Labute approximate surface area is 133 Å². The minimum absolute atomic E-state index is 0.0792. The van der Waals surface area contributed by atoms with Crippen molar-refractivity contribution in [3.05, 3.63) is 10.6 Å². The summed E-state index contributed by atoms with van der Waals surface area (Å²) < 4.78 is 0. The van der Waals surface area contributed by atoms with Crippen LogP contribution in [-0.2, 0) is 12.0 Å². The molecule has 1 aliphatic heterocycles. The highest BCUT2D eigenvalue weighted by molar-refractivity contribution is 7.15. The van der Waals surface area contributed by atoms with Crippen LogP contribution in [0.3, 0.4) is 0 Å². The summed E-state index contributed by atoms with van der Waals surface area (Å²) in [5.41, 5.74) is 7.76. The number of anilines is 1. The van der Waals surface area contributed by atoms with Gasteiger partial charge in [-0.1, -0.05) is 47.5 Å². The quantitative estimate of drug-likeness (QED) is 0.901. The summed E-state index contributed by atoms with van der Waals surface area (Å²) in [7, 11) is 0. The van der Waals surface area contributed by atoms with Gasteiger partial charge in [0.25, 0.3) is 0 Å². The number of nitrogens with two attached hydrogens (primary N) is 1. The highest BCUT2D eigenvalue weighted by atomic mass is 32.1. The van der Waals surface area contributed by atoms with Crippen LogP contribution >= 0.6 is 11.3 Å². The maximum atomic E-state index is 5.93. The molecular weight excluding hydrogens is 278 g/mol. The van der Waals surface area contributed by atoms with E-state index in [9.17, 15) is 0 Å². The van der Waals surface area contributed by atoms with Gasteiger partial charge < -0.3 is 10.6 Å². The number of nitrogens with zero attached hydrogens (tertiary/aromatic N) is 2. The van der Waals surface area contributed by atoms with Crippen LogP contribution < -0.4 is 10.6 Å². The maximum Gasteiger partial charge on any atom is 0.185 e. The smallest absolute Gasteiger partial charge is 0.185 e. The summed E-state index contributed by atoms with van der Waals surface area (Å²) in [5, 5.41) is 1.18. The average Bonchev–Trinajstić information content (AvgIpc) is 2.92. The van der Waals surface area contributed by atoms with Crippen LogP contribution in [0.25, 0.3) is 0 Å². The lowest BCUT2D eigenvalue weighted by Gasteiger charge is -2.41. The molecule has 2 heterocycles. The molecule has 4 heteroatoms. The van der Waals surface area contributed by atoms with E-state index < -0.39 is 0 Å². The Hall–Kier alpha value is -0.610. The van der Waals surface area contributed by atoms with E-state index in [1.807, 2.05) is 0 Å². The minimum Gasteiger partial charge on any atom is -0.348 e. The van der Waals surface area contributed by atoms with E-state index in [1.165, 1.54) is 41.4 Å². The molecule has 120 valence electrons. The van der Waals surface area contributed by atoms with Crippen LogP contribution in [0.4, 0.5) is 5.13 Å². The molecule has 0 aliphatic carbocycles. The summed E-state index contributed by atoms with van der Waals surface area (Å²) in [6.45, 7) is 14.2. The highest BCUT2D eigenvalue weighted by Crippen LogP contribution is 2.41. The van der Waals surface area contributed by atoms with Gasteiger partial charge in [0.15, 0.2) is 5.13 Å². The predicted octanol–water partition coefficient (Wildman–Crippen LogP) is 4.31. The van der Waals surface area contributed by atoms with Gasteiger partial charge in [-0.15, -0.1) is 11.3 Å². The minimum atomic E-state index is 0.0792. The molecule has 1 saturated heterocycles. The van der Waals surface area contributed by atoms with Gasteiger partial charge >= 0.3 is 0 Å².